The van der Waals surface area contributed by atoms with E-state index >= 15 is 0 Å². The quantitative estimate of drug-likeness (QED) is 0.501. The van der Waals surface area contributed by atoms with Gasteiger partial charge in [-0.3, -0.25) is 14.9 Å². The lowest BCUT2D eigenvalue weighted by Gasteiger charge is -2.11. The third-order valence-corrected chi connectivity index (χ3v) is 4.25. The summed E-state index contributed by atoms with van der Waals surface area (Å²) in [4.78, 5) is 34.7. The van der Waals surface area contributed by atoms with Gasteiger partial charge in [0.15, 0.2) is 6.61 Å². The van der Waals surface area contributed by atoms with Crippen molar-refractivity contribution in [2.45, 2.75) is 27.7 Å². The minimum atomic E-state index is -0.640. The Morgan fingerprint density at radius 1 is 1.04 bits per heavy atom. The summed E-state index contributed by atoms with van der Waals surface area (Å²) in [5, 5.41) is 13.6. The number of nitro groups is 1. The Morgan fingerprint density at radius 2 is 1.69 bits per heavy atom. The highest BCUT2D eigenvalue weighted by atomic mass is 16.6. The maximum atomic E-state index is 12.1. The van der Waals surface area contributed by atoms with E-state index in [4.69, 9.17) is 4.74 Å². The Labute approximate surface area is 151 Å². The van der Waals surface area contributed by atoms with Crippen LogP contribution in [0.2, 0.25) is 0 Å². The first-order chi connectivity index (χ1) is 12.2. The van der Waals surface area contributed by atoms with Gasteiger partial charge in [0.05, 0.1) is 10.5 Å². The van der Waals surface area contributed by atoms with Gasteiger partial charge in [0.2, 0.25) is 0 Å². The van der Waals surface area contributed by atoms with Gasteiger partial charge in [0.1, 0.15) is 5.69 Å². The first-order valence-electron chi connectivity index (χ1n) is 7.99. The largest absolute Gasteiger partial charge is 0.452 e. The van der Waals surface area contributed by atoms with Crippen molar-refractivity contribution in [1.29, 1.82) is 0 Å². The highest BCUT2D eigenvalue weighted by Crippen LogP contribution is 2.30. The Hall–Kier alpha value is -3.22. The number of aryl methyl sites for hydroxylation is 3. The molecule has 1 amide bonds. The van der Waals surface area contributed by atoms with E-state index in [1.54, 1.807) is 38.1 Å². The van der Waals surface area contributed by atoms with Gasteiger partial charge in [0, 0.05) is 6.07 Å². The lowest BCUT2D eigenvalue weighted by molar-refractivity contribution is -0.384. The number of nitrogens with zero attached hydrogens (tertiary/aromatic N) is 1. The lowest BCUT2D eigenvalue weighted by Crippen LogP contribution is -2.22. The van der Waals surface area contributed by atoms with Gasteiger partial charge in [-0.1, -0.05) is 12.1 Å². The van der Waals surface area contributed by atoms with E-state index in [1.807, 2.05) is 13.8 Å². The fourth-order valence-electron chi connectivity index (χ4n) is 2.37. The molecule has 0 aliphatic rings. The second kappa shape index (κ2) is 7.77. The topological polar surface area (TPSA) is 98.5 Å². The second-order valence-electron chi connectivity index (χ2n) is 6.08. The molecule has 0 aliphatic carbocycles. The standard InChI is InChI=1S/C19H20N2O5/c1-11-5-7-15(9-13(11)3)19(23)26-10-17(22)20-18-14(4)12(2)6-8-16(18)21(24)25/h5-9H,10H2,1-4H3,(H,20,22). The van der Waals surface area contributed by atoms with Crippen LogP contribution in [0, 0.1) is 37.8 Å². The van der Waals surface area contributed by atoms with E-state index in [9.17, 15) is 19.7 Å². The fraction of sp³-hybridized carbons (Fsp3) is 0.263. The minimum Gasteiger partial charge on any atom is -0.452 e. The molecule has 26 heavy (non-hydrogen) atoms. The first kappa shape index (κ1) is 19.1. The Balaban J connectivity index is 2.07. The van der Waals surface area contributed by atoms with Crippen molar-refractivity contribution in [3.8, 4) is 0 Å². The molecule has 0 aliphatic heterocycles. The number of hydrogen-bond acceptors (Lipinski definition) is 5. The van der Waals surface area contributed by atoms with Gasteiger partial charge >= 0.3 is 5.97 Å². The maximum absolute atomic E-state index is 12.1. The third kappa shape index (κ3) is 4.24. The molecule has 0 bridgehead atoms. The van der Waals surface area contributed by atoms with Crippen LogP contribution < -0.4 is 5.32 Å². The zero-order valence-corrected chi connectivity index (χ0v) is 15.1. The van der Waals surface area contributed by atoms with Crippen LogP contribution in [-0.2, 0) is 9.53 Å². The molecule has 2 aromatic carbocycles. The summed E-state index contributed by atoms with van der Waals surface area (Å²) in [5.41, 5.74) is 3.63. The first-order valence-corrected chi connectivity index (χ1v) is 7.99. The number of anilines is 1. The molecule has 0 saturated heterocycles. The number of hydrogen-bond donors (Lipinski definition) is 1. The number of carbonyl (C=O) groups is 2. The molecule has 0 spiro atoms. The zero-order valence-electron chi connectivity index (χ0n) is 15.1. The second-order valence-corrected chi connectivity index (χ2v) is 6.08. The van der Waals surface area contributed by atoms with Crippen LogP contribution in [0.25, 0.3) is 0 Å². The molecular weight excluding hydrogens is 336 g/mol. The lowest BCUT2D eigenvalue weighted by atomic mass is 10.1. The number of nitro benzene ring substituents is 1. The smallest absolute Gasteiger partial charge is 0.338 e. The molecule has 136 valence electrons. The summed E-state index contributed by atoms with van der Waals surface area (Å²) in [6.07, 6.45) is 0. The van der Waals surface area contributed by atoms with Crippen molar-refractivity contribution < 1.29 is 19.2 Å². The number of rotatable bonds is 5. The Kier molecular flexibility index (Phi) is 5.71. The summed E-state index contributed by atoms with van der Waals surface area (Å²) in [7, 11) is 0. The number of esters is 1. The van der Waals surface area contributed by atoms with Crippen LogP contribution >= 0.6 is 0 Å². The summed E-state index contributed by atoms with van der Waals surface area (Å²) >= 11 is 0. The molecular formula is C19H20N2O5. The summed E-state index contributed by atoms with van der Waals surface area (Å²) < 4.78 is 5.01. The van der Waals surface area contributed by atoms with Crippen molar-refractivity contribution in [2.75, 3.05) is 11.9 Å². The highest BCUT2D eigenvalue weighted by molar-refractivity contribution is 5.97. The van der Waals surface area contributed by atoms with Gasteiger partial charge in [-0.25, -0.2) is 4.79 Å². The van der Waals surface area contributed by atoms with Gasteiger partial charge < -0.3 is 10.1 Å². The van der Waals surface area contributed by atoms with E-state index in [2.05, 4.69) is 5.32 Å². The van der Waals surface area contributed by atoms with Crippen molar-refractivity contribution in [2.24, 2.45) is 0 Å². The predicted molar refractivity (Wildman–Crippen MR) is 97.4 cm³/mol. The minimum absolute atomic E-state index is 0.113. The van der Waals surface area contributed by atoms with E-state index < -0.39 is 23.4 Å². The van der Waals surface area contributed by atoms with Crippen LogP contribution in [0.5, 0.6) is 0 Å². The van der Waals surface area contributed by atoms with Crippen molar-refractivity contribution in [1.82, 2.24) is 0 Å². The average Bonchev–Trinajstić information content (AvgIpc) is 2.59. The maximum Gasteiger partial charge on any atom is 0.338 e. The van der Waals surface area contributed by atoms with Crippen LogP contribution in [0.4, 0.5) is 11.4 Å². The van der Waals surface area contributed by atoms with Crippen LogP contribution in [0.15, 0.2) is 30.3 Å². The molecule has 7 nitrogen and oxygen atoms in total. The number of benzene rings is 2. The monoisotopic (exact) mass is 356 g/mol. The molecule has 0 radical (unpaired) electrons. The summed E-state index contributed by atoms with van der Waals surface area (Å²) in [5.74, 6) is -1.27. The summed E-state index contributed by atoms with van der Waals surface area (Å²) in [6, 6.07) is 8.05. The number of amides is 1. The predicted octanol–water partition coefficient (Wildman–Crippen LogP) is 3.62. The zero-order chi connectivity index (χ0) is 19.4. The average molecular weight is 356 g/mol. The van der Waals surface area contributed by atoms with E-state index in [-0.39, 0.29) is 11.4 Å². The van der Waals surface area contributed by atoms with Crippen LogP contribution in [0.3, 0.4) is 0 Å². The molecule has 0 aromatic heterocycles. The van der Waals surface area contributed by atoms with Crippen molar-refractivity contribution >= 4 is 23.3 Å². The highest BCUT2D eigenvalue weighted by Gasteiger charge is 2.20. The number of ether oxygens (including phenoxy) is 1. The van der Waals surface area contributed by atoms with E-state index in [0.717, 1.165) is 16.7 Å². The SMILES string of the molecule is Cc1ccc(C(=O)OCC(=O)Nc2c([N+](=O)[O-])ccc(C)c2C)cc1C. The Bertz CT molecular complexity index is 890. The van der Waals surface area contributed by atoms with Gasteiger partial charge in [0.25, 0.3) is 11.6 Å². The third-order valence-electron chi connectivity index (χ3n) is 4.25. The molecule has 1 N–H and O–H groups in total. The number of nitrogens with one attached hydrogen (secondary N) is 1. The van der Waals surface area contributed by atoms with Gasteiger partial charge in [-0.05, 0) is 62.1 Å². The fourth-order valence-corrected chi connectivity index (χ4v) is 2.37. The Morgan fingerprint density at radius 3 is 2.31 bits per heavy atom. The molecule has 0 unspecified atom stereocenters. The molecule has 0 fully saturated rings. The molecule has 2 rings (SSSR count). The van der Waals surface area contributed by atoms with Crippen LogP contribution in [-0.4, -0.2) is 23.4 Å². The van der Waals surface area contributed by atoms with E-state index in [0.29, 0.717) is 11.1 Å². The normalized spacial score (nSPS) is 10.3. The van der Waals surface area contributed by atoms with Gasteiger partial charge in [-0.2, -0.15) is 0 Å². The van der Waals surface area contributed by atoms with Crippen LogP contribution in [0.1, 0.15) is 32.6 Å². The van der Waals surface area contributed by atoms with Crippen molar-refractivity contribution in [3.05, 3.63) is 68.3 Å². The molecule has 0 atom stereocenters. The molecule has 2 aromatic rings. The van der Waals surface area contributed by atoms with Crippen molar-refractivity contribution in [3.63, 3.8) is 0 Å². The van der Waals surface area contributed by atoms with E-state index in [1.165, 1.54) is 6.07 Å². The molecule has 0 heterocycles. The summed E-state index contributed by atoms with van der Waals surface area (Å²) in [6.45, 7) is 6.73. The van der Waals surface area contributed by atoms with Gasteiger partial charge in [-0.15, -0.1) is 0 Å². The molecule has 7 heteroatoms. The number of carbonyl (C=O) groups excluding carboxylic acids is 2. The molecule has 0 saturated carbocycles.